The van der Waals surface area contributed by atoms with Gasteiger partial charge in [0.2, 0.25) is 0 Å². The van der Waals surface area contributed by atoms with Crippen molar-refractivity contribution >= 4 is 0 Å². The van der Waals surface area contributed by atoms with Crippen LogP contribution < -0.4 is 9.80 Å². The molecule has 0 atom stereocenters. The van der Waals surface area contributed by atoms with E-state index in [1.165, 1.54) is 15.4 Å². The summed E-state index contributed by atoms with van der Waals surface area (Å²) in [6.07, 6.45) is 1.66. The lowest BCUT2D eigenvalue weighted by atomic mass is 10.0. The fourth-order valence-electron chi connectivity index (χ4n) is 2.76. The van der Waals surface area contributed by atoms with Gasteiger partial charge in [-0.15, -0.1) is 0 Å². The van der Waals surface area contributed by atoms with E-state index in [0.717, 1.165) is 42.9 Å². The van der Waals surface area contributed by atoms with Gasteiger partial charge < -0.3 is 14.9 Å². The van der Waals surface area contributed by atoms with Gasteiger partial charge in [0.1, 0.15) is 18.8 Å². The summed E-state index contributed by atoms with van der Waals surface area (Å²) in [5.74, 6) is 0.375. The zero-order chi connectivity index (χ0) is 16.8. The monoisotopic (exact) mass is 315 g/mol. The van der Waals surface area contributed by atoms with Crippen molar-refractivity contribution in [2.75, 3.05) is 28.2 Å². The number of aryl methyl sites for hydroxylation is 2. The Morgan fingerprint density at radius 2 is 1.57 bits per heavy atom. The molecule has 0 amide bonds. The van der Waals surface area contributed by atoms with Crippen LogP contribution in [0, 0.1) is 0 Å². The van der Waals surface area contributed by atoms with E-state index in [0.29, 0.717) is 5.75 Å². The first-order valence-electron chi connectivity index (χ1n) is 8.28. The van der Waals surface area contributed by atoms with Crippen molar-refractivity contribution in [3.05, 3.63) is 58.9 Å². The standard InChI is InChI=1S/C19H27N3O/c1-21(2)13-16-12-17(14-22(3)4)20-18(19(16)23)11-10-15-8-6-5-7-9-15/h5-9,12,23H,10-11,13-14H2,1-4H3/p+2. The van der Waals surface area contributed by atoms with Gasteiger partial charge in [-0.1, -0.05) is 30.3 Å². The quantitative estimate of drug-likeness (QED) is 0.666. The summed E-state index contributed by atoms with van der Waals surface area (Å²) in [6.45, 7) is 1.68. The third-order valence-electron chi connectivity index (χ3n) is 3.77. The lowest BCUT2D eigenvalue weighted by Crippen LogP contribution is -3.04. The molecule has 1 aromatic carbocycles. The Hall–Kier alpha value is -1.91. The fraction of sp³-hybridized carbons (Fsp3) is 0.421. The van der Waals surface area contributed by atoms with Crippen LogP contribution in [0.2, 0.25) is 0 Å². The van der Waals surface area contributed by atoms with E-state index in [4.69, 9.17) is 4.98 Å². The molecule has 2 rings (SSSR count). The molecule has 0 unspecified atom stereocenters. The third kappa shape index (κ3) is 5.34. The summed E-state index contributed by atoms with van der Waals surface area (Å²) in [5.41, 5.74) is 4.15. The second kappa shape index (κ2) is 8.09. The Bertz CT molecular complexity index is 624. The van der Waals surface area contributed by atoms with Gasteiger partial charge in [-0.05, 0) is 24.5 Å². The molecule has 124 valence electrons. The van der Waals surface area contributed by atoms with E-state index in [-0.39, 0.29) is 0 Å². The smallest absolute Gasteiger partial charge is 0.145 e. The molecule has 1 heterocycles. The van der Waals surface area contributed by atoms with Crippen LogP contribution in [0.5, 0.6) is 5.75 Å². The van der Waals surface area contributed by atoms with E-state index < -0.39 is 0 Å². The van der Waals surface area contributed by atoms with Gasteiger partial charge in [-0.2, -0.15) is 0 Å². The van der Waals surface area contributed by atoms with Crippen LogP contribution in [0.25, 0.3) is 0 Å². The largest absolute Gasteiger partial charge is 0.506 e. The summed E-state index contributed by atoms with van der Waals surface area (Å²) in [7, 11) is 8.44. The van der Waals surface area contributed by atoms with Crippen LogP contribution in [0.3, 0.4) is 0 Å². The first-order chi connectivity index (χ1) is 11.0. The van der Waals surface area contributed by atoms with E-state index in [2.05, 4.69) is 58.5 Å². The number of rotatable bonds is 7. The molecule has 0 bridgehead atoms. The zero-order valence-electron chi connectivity index (χ0n) is 14.7. The summed E-state index contributed by atoms with van der Waals surface area (Å²) in [6, 6.07) is 12.4. The Kier molecular flexibility index (Phi) is 6.13. The molecule has 0 aliphatic rings. The highest BCUT2D eigenvalue weighted by Gasteiger charge is 2.15. The highest BCUT2D eigenvalue weighted by atomic mass is 16.3. The van der Waals surface area contributed by atoms with Crippen LogP contribution in [0.15, 0.2) is 36.4 Å². The maximum atomic E-state index is 10.6. The molecule has 0 radical (unpaired) electrons. The van der Waals surface area contributed by atoms with Gasteiger partial charge in [-0.3, -0.25) is 0 Å². The van der Waals surface area contributed by atoms with E-state index >= 15 is 0 Å². The molecular weight excluding hydrogens is 286 g/mol. The Morgan fingerprint density at radius 1 is 0.913 bits per heavy atom. The first-order valence-corrected chi connectivity index (χ1v) is 8.28. The maximum absolute atomic E-state index is 10.6. The molecule has 0 saturated heterocycles. The van der Waals surface area contributed by atoms with Crippen molar-refractivity contribution in [1.29, 1.82) is 0 Å². The number of nitrogens with one attached hydrogen (secondary N) is 2. The summed E-state index contributed by atoms with van der Waals surface area (Å²) >= 11 is 0. The van der Waals surface area contributed by atoms with Crippen molar-refractivity contribution in [2.45, 2.75) is 25.9 Å². The molecule has 0 fully saturated rings. The predicted molar refractivity (Wildman–Crippen MR) is 92.8 cm³/mol. The summed E-state index contributed by atoms with van der Waals surface area (Å²) < 4.78 is 0. The molecule has 2 aromatic rings. The number of benzene rings is 1. The van der Waals surface area contributed by atoms with E-state index in [1.54, 1.807) is 0 Å². The van der Waals surface area contributed by atoms with Crippen molar-refractivity contribution in [3.63, 3.8) is 0 Å². The average Bonchev–Trinajstić information content (AvgIpc) is 2.49. The van der Waals surface area contributed by atoms with E-state index in [1.807, 2.05) is 6.07 Å². The lowest BCUT2D eigenvalue weighted by Gasteiger charge is -2.15. The van der Waals surface area contributed by atoms with Crippen molar-refractivity contribution in [2.24, 2.45) is 0 Å². The first kappa shape index (κ1) is 17.4. The molecular formula is C19H29N3O+2. The minimum atomic E-state index is 0.375. The van der Waals surface area contributed by atoms with Gasteiger partial charge in [0.15, 0.2) is 0 Å². The minimum Gasteiger partial charge on any atom is -0.506 e. The van der Waals surface area contributed by atoms with Gasteiger partial charge in [0.05, 0.1) is 45.1 Å². The molecule has 0 spiro atoms. The minimum absolute atomic E-state index is 0.375. The van der Waals surface area contributed by atoms with Crippen molar-refractivity contribution in [1.82, 2.24) is 4.98 Å². The van der Waals surface area contributed by atoms with E-state index in [9.17, 15) is 5.11 Å². The molecule has 0 aliphatic heterocycles. The zero-order valence-corrected chi connectivity index (χ0v) is 14.7. The number of nitrogens with zero attached hydrogens (tertiary/aromatic N) is 1. The number of hydrogen-bond donors (Lipinski definition) is 3. The third-order valence-corrected chi connectivity index (χ3v) is 3.77. The highest BCUT2D eigenvalue weighted by molar-refractivity contribution is 5.38. The molecule has 0 saturated carbocycles. The number of aromatic hydroxyl groups is 1. The average molecular weight is 315 g/mol. The Labute approximate surface area is 139 Å². The second-order valence-corrected chi connectivity index (χ2v) is 6.82. The number of aromatic nitrogens is 1. The van der Waals surface area contributed by atoms with Gasteiger partial charge in [0, 0.05) is 0 Å². The second-order valence-electron chi connectivity index (χ2n) is 6.82. The Morgan fingerprint density at radius 3 is 2.17 bits per heavy atom. The Balaban J connectivity index is 2.24. The molecule has 23 heavy (non-hydrogen) atoms. The van der Waals surface area contributed by atoms with Gasteiger partial charge in [-0.25, -0.2) is 4.98 Å². The van der Waals surface area contributed by atoms with Crippen LogP contribution in [0.1, 0.15) is 22.5 Å². The van der Waals surface area contributed by atoms with Crippen molar-refractivity contribution < 1.29 is 14.9 Å². The summed E-state index contributed by atoms with van der Waals surface area (Å²) in [5, 5.41) is 10.6. The molecule has 1 aromatic heterocycles. The number of quaternary nitrogens is 2. The normalized spacial score (nSPS) is 11.4. The maximum Gasteiger partial charge on any atom is 0.145 e. The van der Waals surface area contributed by atoms with Crippen LogP contribution >= 0.6 is 0 Å². The van der Waals surface area contributed by atoms with Crippen LogP contribution in [0.4, 0.5) is 0 Å². The lowest BCUT2D eigenvalue weighted by molar-refractivity contribution is -0.873. The van der Waals surface area contributed by atoms with Crippen molar-refractivity contribution in [3.8, 4) is 5.75 Å². The fourth-order valence-corrected chi connectivity index (χ4v) is 2.76. The van der Waals surface area contributed by atoms with Crippen LogP contribution in [-0.2, 0) is 25.9 Å². The SMILES string of the molecule is C[NH+](C)Cc1cc(C[NH+](C)C)c(O)c(CCc2ccccc2)n1. The van der Waals surface area contributed by atoms with Gasteiger partial charge >= 0.3 is 0 Å². The number of pyridine rings is 1. The molecule has 4 heteroatoms. The number of hydrogen-bond acceptors (Lipinski definition) is 2. The molecule has 4 nitrogen and oxygen atoms in total. The summed E-state index contributed by atoms with van der Waals surface area (Å²) in [4.78, 5) is 7.34. The van der Waals surface area contributed by atoms with Gasteiger partial charge in [0.25, 0.3) is 0 Å². The topological polar surface area (TPSA) is 42.0 Å². The van der Waals surface area contributed by atoms with Crippen LogP contribution in [-0.4, -0.2) is 38.3 Å². The predicted octanol–water partition coefficient (Wildman–Crippen LogP) is -0.139. The molecule has 0 aliphatic carbocycles. The highest BCUT2D eigenvalue weighted by Crippen LogP contribution is 2.23. The molecule has 3 N–H and O–H groups in total.